The number of alkyl halides is 3. The van der Waals surface area contributed by atoms with E-state index >= 15 is 0 Å². The topological polar surface area (TPSA) is 46.3 Å². The number of rotatable bonds is 2. The minimum Gasteiger partial charge on any atom is -0.338 e. The predicted octanol–water partition coefficient (Wildman–Crippen LogP) is 2.89. The van der Waals surface area contributed by atoms with E-state index in [9.17, 15) is 18.0 Å². The fraction of sp³-hybridized carbons (Fsp3) is 0.462. The highest BCUT2D eigenvalue weighted by Gasteiger charge is 2.37. The van der Waals surface area contributed by atoms with E-state index in [1.807, 2.05) is 0 Å². The number of amides is 1. The lowest BCUT2D eigenvalue weighted by Crippen LogP contribution is -2.31. The van der Waals surface area contributed by atoms with Crippen molar-refractivity contribution in [2.45, 2.75) is 12.6 Å². The van der Waals surface area contributed by atoms with Gasteiger partial charge in [0.2, 0.25) is 0 Å². The van der Waals surface area contributed by atoms with E-state index in [0.29, 0.717) is 24.1 Å². The van der Waals surface area contributed by atoms with Crippen LogP contribution in [0.2, 0.25) is 0 Å². The average Bonchev–Trinajstić information content (AvgIpc) is 2.85. The summed E-state index contributed by atoms with van der Waals surface area (Å²) in [5, 5.41) is 0. The first-order valence-electron chi connectivity index (χ1n) is 6.19. The Labute approximate surface area is 123 Å². The maximum absolute atomic E-state index is 13.0. The highest BCUT2D eigenvalue weighted by Crippen LogP contribution is 2.35. The van der Waals surface area contributed by atoms with Crippen LogP contribution < -0.4 is 5.73 Å². The van der Waals surface area contributed by atoms with Gasteiger partial charge in [-0.15, -0.1) is 0 Å². The molecule has 1 heterocycles. The normalized spacial score (nSPS) is 19.4. The highest BCUT2D eigenvalue weighted by atomic mass is 79.9. The second-order valence-electron chi connectivity index (χ2n) is 4.83. The highest BCUT2D eigenvalue weighted by molar-refractivity contribution is 9.10. The molecule has 1 fully saturated rings. The molecule has 1 amide bonds. The summed E-state index contributed by atoms with van der Waals surface area (Å²) >= 11 is 3.00. The van der Waals surface area contributed by atoms with Crippen molar-refractivity contribution in [1.29, 1.82) is 0 Å². The van der Waals surface area contributed by atoms with Crippen molar-refractivity contribution in [3.05, 3.63) is 33.8 Å². The van der Waals surface area contributed by atoms with Gasteiger partial charge in [0.1, 0.15) is 0 Å². The SMILES string of the molecule is NCC1CCN(C(=O)c2ccc(Br)cc2C(F)(F)F)C1. The third-order valence-corrected chi connectivity index (χ3v) is 3.92. The Morgan fingerprint density at radius 2 is 2.15 bits per heavy atom. The number of nitrogens with zero attached hydrogens (tertiary/aromatic N) is 1. The Kier molecular flexibility index (Phi) is 4.39. The van der Waals surface area contributed by atoms with Crippen molar-refractivity contribution in [3.63, 3.8) is 0 Å². The molecule has 1 atom stereocenters. The van der Waals surface area contributed by atoms with Gasteiger partial charge in [-0.25, -0.2) is 0 Å². The van der Waals surface area contributed by atoms with Gasteiger partial charge in [-0.05, 0) is 37.1 Å². The molecule has 3 nitrogen and oxygen atoms in total. The molecular formula is C13H14BrF3N2O. The van der Waals surface area contributed by atoms with Crippen molar-refractivity contribution >= 4 is 21.8 Å². The Morgan fingerprint density at radius 3 is 2.70 bits per heavy atom. The molecule has 1 aliphatic heterocycles. The minimum absolute atomic E-state index is 0.170. The van der Waals surface area contributed by atoms with Crippen LogP contribution in [-0.4, -0.2) is 30.4 Å². The van der Waals surface area contributed by atoms with E-state index in [-0.39, 0.29) is 11.5 Å². The first-order valence-corrected chi connectivity index (χ1v) is 6.98. The fourth-order valence-electron chi connectivity index (χ4n) is 2.32. The van der Waals surface area contributed by atoms with E-state index in [4.69, 9.17) is 5.73 Å². The number of carbonyl (C=O) groups is 1. The van der Waals surface area contributed by atoms with Crippen molar-refractivity contribution in [1.82, 2.24) is 4.90 Å². The van der Waals surface area contributed by atoms with Gasteiger partial charge < -0.3 is 10.6 Å². The summed E-state index contributed by atoms with van der Waals surface area (Å²) in [6.45, 7) is 1.31. The molecule has 1 aromatic carbocycles. The summed E-state index contributed by atoms with van der Waals surface area (Å²) in [5.41, 5.74) is 4.31. The minimum atomic E-state index is -4.55. The summed E-state index contributed by atoms with van der Waals surface area (Å²) in [7, 11) is 0. The smallest absolute Gasteiger partial charge is 0.338 e. The maximum atomic E-state index is 13.0. The summed E-state index contributed by atoms with van der Waals surface area (Å²) in [6.07, 6.45) is -3.82. The quantitative estimate of drug-likeness (QED) is 0.891. The molecule has 0 aromatic heterocycles. The second kappa shape index (κ2) is 5.73. The lowest BCUT2D eigenvalue weighted by molar-refractivity contribution is -0.138. The Balaban J connectivity index is 2.31. The molecule has 1 aromatic rings. The van der Waals surface area contributed by atoms with Gasteiger partial charge in [0.25, 0.3) is 5.91 Å². The van der Waals surface area contributed by atoms with E-state index < -0.39 is 17.6 Å². The molecule has 1 aliphatic rings. The molecule has 2 rings (SSSR count). The van der Waals surface area contributed by atoms with Gasteiger partial charge in [0, 0.05) is 17.6 Å². The molecule has 110 valence electrons. The molecule has 1 saturated heterocycles. The van der Waals surface area contributed by atoms with Crippen molar-refractivity contribution < 1.29 is 18.0 Å². The molecule has 0 aliphatic carbocycles. The zero-order chi connectivity index (χ0) is 14.9. The molecule has 0 bridgehead atoms. The number of nitrogens with two attached hydrogens (primary N) is 1. The lowest BCUT2D eigenvalue weighted by Gasteiger charge is -2.19. The lowest BCUT2D eigenvalue weighted by atomic mass is 10.1. The Bertz CT molecular complexity index is 519. The van der Waals surface area contributed by atoms with E-state index in [1.165, 1.54) is 17.0 Å². The third kappa shape index (κ3) is 3.15. The molecule has 1 unspecified atom stereocenters. The first-order chi connectivity index (χ1) is 9.32. The summed E-state index contributed by atoms with van der Waals surface area (Å²) in [5.74, 6) is -0.412. The summed E-state index contributed by atoms with van der Waals surface area (Å²) < 4.78 is 39.3. The van der Waals surface area contributed by atoms with Crippen LogP contribution in [0.4, 0.5) is 13.2 Å². The Hall–Kier alpha value is -1.08. The van der Waals surface area contributed by atoms with Crippen LogP contribution >= 0.6 is 15.9 Å². The predicted molar refractivity (Wildman–Crippen MR) is 72.2 cm³/mol. The van der Waals surface area contributed by atoms with Gasteiger partial charge in [0.05, 0.1) is 11.1 Å². The van der Waals surface area contributed by atoms with Gasteiger partial charge in [0.15, 0.2) is 0 Å². The molecule has 20 heavy (non-hydrogen) atoms. The van der Waals surface area contributed by atoms with E-state index in [2.05, 4.69) is 15.9 Å². The van der Waals surface area contributed by atoms with Crippen LogP contribution in [0.15, 0.2) is 22.7 Å². The number of hydrogen-bond acceptors (Lipinski definition) is 2. The number of benzene rings is 1. The van der Waals surface area contributed by atoms with Crippen molar-refractivity contribution in [2.24, 2.45) is 11.7 Å². The van der Waals surface area contributed by atoms with Crippen LogP contribution in [0.3, 0.4) is 0 Å². The number of halogens is 4. The molecule has 0 radical (unpaired) electrons. The van der Waals surface area contributed by atoms with Crippen molar-refractivity contribution in [2.75, 3.05) is 19.6 Å². The molecule has 2 N–H and O–H groups in total. The molecular weight excluding hydrogens is 337 g/mol. The van der Waals surface area contributed by atoms with Crippen LogP contribution in [0.1, 0.15) is 22.3 Å². The summed E-state index contributed by atoms with van der Waals surface area (Å²) in [6, 6.07) is 3.59. The second-order valence-corrected chi connectivity index (χ2v) is 5.74. The van der Waals surface area contributed by atoms with Gasteiger partial charge in [-0.1, -0.05) is 15.9 Å². The monoisotopic (exact) mass is 350 g/mol. The van der Waals surface area contributed by atoms with Gasteiger partial charge in [-0.3, -0.25) is 4.79 Å². The van der Waals surface area contributed by atoms with Crippen LogP contribution in [0, 0.1) is 5.92 Å². The number of carbonyl (C=O) groups excluding carboxylic acids is 1. The molecule has 7 heteroatoms. The maximum Gasteiger partial charge on any atom is 0.417 e. The van der Waals surface area contributed by atoms with Crippen LogP contribution in [0.5, 0.6) is 0 Å². The average molecular weight is 351 g/mol. The van der Waals surface area contributed by atoms with E-state index in [1.54, 1.807) is 0 Å². The zero-order valence-electron chi connectivity index (χ0n) is 10.6. The van der Waals surface area contributed by atoms with Crippen molar-refractivity contribution in [3.8, 4) is 0 Å². The Morgan fingerprint density at radius 1 is 1.45 bits per heavy atom. The third-order valence-electron chi connectivity index (χ3n) is 3.42. The number of hydrogen-bond donors (Lipinski definition) is 1. The zero-order valence-corrected chi connectivity index (χ0v) is 12.2. The largest absolute Gasteiger partial charge is 0.417 e. The molecule has 0 spiro atoms. The van der Waals surface area contributed by atoms with Gasteiger partial charge in [-0.2, -0.15) is 13.2 Å². The first kappa shape index (κ1) is 15.3. The van der Waals surface area contributed by atoms with Crippen LogP contribution in [0.25, 0.3) is 0 Å². The van der Waals surface area contributed by atoms with Crippen LogP contribution in [-0.2, 0) is 6.18 Å². The fourth-order valence-corrected chi connectivity index (χ4v) is 2.68. The number of likely N-dealkylation sites (tertiary alicyclic amines) is 1. The standard InChI is InChI=1S/C13H14BrF3N2O/c14-9-1-2-10(11(5-9)13(15,16)17)12(20)19-4-3-8(6-18)7-19/h1-2,5,8H,3-4,6-7,18H2. The van der Waals surface area contributed by atoms with E-state index in [0.717, 1.165) is 12.5 Å². The van der Waals surface area contributed by atoms with Gasteiger partial charge >= 0.3 is 6.18 Å². The summed E-state index contributed by atoms with van der Waals surface area (Å²) in [4.78, 5) is 13.7. The molecule has 0 saturated carbocycles.